The van der Waals surface area contributed by atoms with Gasteiger partial charge in [-0.3, -0.25) is 0 Å². The van der Waals surface area contributed by atoms with Crippen molar-refractivity contribution in [3.63, 3.8) is 0 Å². The number of benzene rings is 1. The molecule has 0 spiro atoms. The highest BCUT2D eigenvalue weighted by Gasteiger charge is 2.25. The second-order valence-electron chi connectivity index (χ2n) is 3.68. The molecule has 1 aromatic carbocycles. The van der Waals surface area contributed by atoms with Crippen molar-refractivity contribution in [2.75, 3.05) is 11.9 Å². The fourth-order valence-electron chi connectivity index (χ4n) is 1.56. The van der Waals surface area contributed by atoms with Gasteiger partial charge in [0.1, 0.15) is 10.8 Å². The molecule has 2 rings (SSSR count). The molecule has 2 aromatic rings. The van der Waals surface area contributed by atoms with Crippen LogP contribution in [0.2, 0.25) is 0 Å². The van der Waals surface area contributed by atoms with Gasteiger partial charge in [-0.2, -0.15) is 0 Å². The van der Waals surface area contributed by atoms with Gasteiger partial charge < -0.3 is 10.1 Å². The molecule has 1 N–H and O–H groups in total. The summed E-state index contributed by atoms with van der Waals surface area (Å²) in [5.74, 6) is -0.894. The van der Waals surface area contributed by atoms with Crippen molar-refractivity contribution in [1.82, 2.24) is 4.98 Å². The van der Waals surface area contributed by atoms with Crippen LogP contribution in [0.5, 0.6) is 0 Å². The molecule has 1 heterocycles. The minimum absolute atomic E-state index is 0.246. The van der Waals surface area contributed by atoms with E-state index in [-0.39, 0.29) is 12.3 Å². The number of hydrogen-bond acceptors (Lipinski definition) is 5. The number of para-hydroxylation sites is 1. The Kier molecular flexibility index (Phi) is 4.46. The summed E-state index contributed by atoms with van der Waals surface area (Å²) in [6.07, 6.45) is 1.59. The highest BCUT2D eigenvalue weighted by Crippen LogP contribution is 2.24. The molecule has 0 amide bonds. The fourth-order valence-corrected chi connectivity index (χ4v) is 2.23. The second kappa shape index (κ2) is 6.29. The molecule has 0 saturated heterocycles. The molecule has 0 aliphatic rings. The van der Waals surface area contributed by atoms with E-state index in [2.05, 4.69) is 10.3 Å². The summed E-state index contributed by atoms with van der Waals surface area (Å²) in [5.41, 5.74) is 0.246. The van der Waals surface area contributed by atoms with Gasteiger partial charge in [0.2, 0.25) is 0 Å². The molecular formula is C13H13FN2O2S. The van der Waals surface area contributed by atoms with Crippen molar-refractivity contribution in [3.05, 3.63) is 46.7 Å². The highest BCUT2D eigenvalue weighted by molar-refractivity contribution is 7.09. The molecule has 0 bridgehead atoms. The number of hydrogen-bond donors (Lipinski definition) is 1. The van der Waals surface area contributed by atoms with Crippen LogP contribution in [0.1, 0.15) is 18.0 Å². The zero-order valence-corrected chi connectivity index (χ0v) is 11.1. The number of rotatable bonds is 5. The summed E-state index contributed by atoms with van der Waals surface area (Å²) in [6.45, 7) is 1.99. The quantitative estimate of drug-likeness (QED) is 0.855. The van der Waals surface area contributed by atoms with E-state index >= 15 is 0 Å². The molecule has 1 aromatic heterocycles. The zero-order valence-electron chi connectivity index (χ0n) is 10.3. The maximum atomic E-state index is 13.6. The topological polar surface area (TPSA) is 51.2 Å². The van der Waals surface area contributed by atoms with E-state index in [1.54, 1.807) is 36.7 Å². The van der Waals surface area contributed by atoms with Crippen LogP contribution in [0, 0.1) is 5.82 Å². The lowest BCUT2D eigenvalue weighted by Gasteiger charge is -2.16. The van der Waals surface area contributed by atoms with E-state index in [0.29, 0.717) is 5.01 Å². The number of carbonyl (C=O) groups excluding carboxylic acids is 1. The minimum atomic E-state index is -0.795. The summed E-state index contributed by atoms with van der Waals surface area (Å²) < 4.78 is 18.6. The molecule has 0 radical (unpaired) electrons. The van der Waals surface area contributed by atoms with Crippen LogP contribution in [-0.2, 0) is 9.53 Å². The van der Waals surface area contributed by atoms with Gasteiger partial charge in [0, 0.05) is 11.6 Å². The molecule has 4 nitrogen and oxygen atoms in total. The molecule has 0 fully saturated rings. The van der Waals surface area contributed by atoms with Gasteiger partial charge in [0.25, 0.3) is 0 Å². The Balaban J connectivity index is 2.24. The average Bonchev–Trinajstić information content (AvgIpc) is 2.91. The van der Waals surface area contributed by atoms with Crippen LogP contribution in [0.4, 0.5) is 10.1 Å². The average molecular weight is 280 g/mol. The zero-order chi connectivity index (χ0) is 13.7. The van der Waals surface area contributed by atoms with Crippen molar-refractivity contribution in [1.29, 1.82) is 0 Å². The van der Waals surface area contributed by atoms with Crippen molar-refractivity contribution < 1.29 is 13.9 Å². The standard InChI is InChI=1S/C13H13FN2O2S/c1-2-18-13(17)11(12-15-7-8-19-12)16-10-6-4-3-5-9(10)14/h3-8,11,16H,2H2,1H3. The van der Waals surface area contributed by atoms with Gasteiger partial charge in [-0.05, 0) is 19.1 Å². The van der Waals surface area contributed by atoms with Crippen LogP contribution < -0.4 is 5.32 Å². The number of thiazole rings is 1. The van der Waals surface area contributed by atoms with E-state index < -0.39 is 17.8 Å². The molecule has 0 aliphatic heterocycles. The summed E-state index contributed by atoms with van der Waals surface area (Å²) >= 11 is 1.31. The van der Waals surface area contributed by atoms with Crippen molar-refractivity contribution in [2.45, 2.75) is 13.0 Å². The van der Waals surface area contributed by atoms with E-state index in [1.165, 1.54) is 17.4 Å². The lowest BCUT2D eigenvalue weighted by Crippen LogP contribution is -2.23. The number of carbonyl (C=O) groups is 1. The van der Waals surface area contributed by atoms with Gasteiger partial charge in [-0.1, -0.05) is 12.1 Å². The van der Waals surface area contributed by atoms with Gasteiger partial charge in [0.15, 0.2) is 6.04 Å². The molecule has 1 unspecified atom stereocenters. The van der Waals surface area contributed by atoms with Crippen molar-refractivity contribution >= 4 is 23.0 Å². The van der Waals surface area contributed by atoms with E-state index in [1.807, 2.05) is 0 Å². The SMILES string of the molecule is CCOC(=O)C(Nc1ccccc1F)c1nccs1. The van der Waals surface area contributed by atoms with Crippen LogP contribution >= 0.6 is 11.3 Å². The Morgan fingerprint density at radius 1 is 1.53 bits per heavy atom. The van der Waals surface area contributed by atoms with Gasteiger partial charge in [-0.15, -0.1) is 11.3 Å². The maximum absolute atomic E-state index is 13.6. The second-order valence-corrected chi connectivity index (χ2v) is 4.61. The summed E-state index contributed by atoms with van der Waals surface area (Å²) in [7, 11) is 0. The van der Waals surface area contributed by atoms with Crippen LogP contribution in [0.15, 0.2) is 35.8 Å². The van der Waals surface area contributed by atoms with E-state index in [0.717, 1.165) is 0 Å². The first-order valence-electron chi connectivity index (χ1n) is 5.79. The molecule has 0 saturated carbocycles. The van der Waals surface area contributed by atoms with E-state index in [9.17, 15) is 9.18 Å². The number of aromatic nitrogens is 1. The van der Waals surface area contributed by atoms with Crippen molar-refractivity contribution in [3.8, 4) is 0 Å². The Morgan fingerprint density at radius 3 is 2.95 bits per heavy atom. The summed E-state index contributed by atoms with van der Waals surface area (Å²) in [6, 6.07) is 5.37. The van der Waals surface area contributed by atoms with Gasteiger partial charge in [0.05, 0.1) is 12.3 Å². The molecular weight excluding hydrogens is 267 g/mol. The first kappa shape index (κ1) is 13.5. The molecule has 1 atom stereocenters. The number of esters is 1. The predicted octanol–water partition coefficient (Wildman–Crippen LogP) is 3.00. The monoisotopic (exact) mass is 280 g/mol. The van der Waals surface area contributed by atoms with Gasteiger partial charge in [-0.25, -0.2) is 14.2 Å². The molecule has 19 heavy (non-hydrogen) atoms. The number of nitrogens with one attached hydrogen (secondary N) is 1. The highest BCUT2D eigenvalue weighted by atomic mass is 32.1. The lowest BCUT2D eigenvalue weighted by atomic mass is 10.2. The largest absolute Gasteiger partial charge is 0.464 e. The van der Waals surface area contributed by atoms with Crippen LogP contribution in [0.25, 0.3) is 0 Å². The lowest BCUT2D eigenvalue weighted by molar-refractivity contribution is -0.144. The van der Waals surface area contributed by atoms with Crippen LogP contribution in [0.3, 0.4) is 0 Å². The predicted molar refractivity (Wildman–Crippen MR) is 71.5 cm³/mol. The summed E-state index contributed by atoms with van der Waals surface area (Å²) in [4.78, 5) is 16.0. The third-order valence-corrected chi connectivity index (χ3v) is 3.23. The molecule has 6 heteroatoms. The summed E-state index contributed by atoms with van der Waals surface area (Å²) in [5, 5.41) is 5.13. The maximum Gasteiger partial charge on any atom is 0.335 e. The van der Waals surface area contributed by atoms with Crippen LogP contribution in [-0.4, -0.2) is 17.6 Å². The van der Waals surface area contributed by atoms with Gasteiger partial charge >= 0.3 is 5.97 Å². The van der Waals surface area contributed by atoms with E-state index in [4.69, 9.17) is 4.74 Å². The smallest absolute Gasteiger partial charge is 0.335 e. The minimum Gasteiger partial charge on any atom is -0.464 e. The first-order chi connectivity index (χ1) is 9.22. The normalized spacial score (nSPS) is 11.9. The Bertz CT molecular complexity index is 545. The Labute approximate surface area is 114 Å². The first-order valence-corrected chi connectivity index (χ1v) is 6.67. The number of nitrogens with zero attached hydrogens (tertiary/aromatic N) is 1. The molecule has 0 aliphatic carbocycles. The Morgan fingerprint density at radius 2 is 2.32 bits per heavy atom. The Hall–Kier alpha value is -1.95. The van der Waals surface area contributed by atoms with Crippen molar-refractivity contribution in [2.24, 2.45) is 0 Å². The number of halogens is 1. The number of ether oxygens (including phenoxy) is 1. The fraction of sp³-hybridized carbons (Fsp3) is 0.231. The number of anilines is 1. The molecule has 100 valence electrons. The third-order valence-electron chi connectivity index (χ3n) is 2.39. The third kappa shape index (κ3) is 3.29.